The van der Waals surface area contributed by atoms with E-state index in [2.05, 4.69) is 5.10 Å². The van der Waals surface area contributed by atoms with Crippen molar-refractivity contribution in [3.63, 3.8) is 0 Å². The van der Waals surface area contributed by atoms with Crippen molar-refractivity contribution < 1.29 is 21.6 Å². The van der Waals surface area contributed by atoms with Crippen LogP contribution < -0.4 is 0 Å². The Morgan fingerprint density at radius 3 is 2.73 bits per heavy atom. The summed E-state index contributed by atoms with van der Waals surface area (Å²) in [7, 11) is 2.69. The van der Waals surface area contributed by atoms with Crippen LogP contribution in [0.3, 0.4) is 0 Å². The number of nitro groups is 1. The van der Waals surface area contributed by atoms with E-state index < -0.39 is 34.6 Å². The highest BCUT2D eigenvalue weighted by Gasteiger charge is 2.24. The van der Waals surface area contributed by atoms with E-state index in [4.69, 9.17) is 7.48 Å². The minimum Gasteiger partial charge on any atom is -0.444 e. The second kappa shape index (κ2) is 7.11. The van der Waals surface area contributed by atoms with E-state index in [-0.39, 0.29) is 16.8 Å². The van der Waals surface area contributed by atoms with Gasteiger partial charge in [0.25, 0.3) is 0 Å². The van der Waals surface area contributed by atoms with Crippen molar-refractivity contribution in [3.05, 3.63) is 45.9 Å². The molecule has 1 aromatic carbocycles. The molecule has 1 heterocycles. The van der Waals surface area contributed by atoms with Gasteiger partial charge in [0.2, 0.25) is 5.82 Å². The Bertz CT molecular complexity index is 924. The second-order valence-electron chi connectivity index (χ2n) is 6.61. The molecule has 140 valence electrons. The van der Waals surface area contributed by atoms with Gasteiger partial charge in [-0.15, -0.1) is 0 Å². The lowest BCUT2D eigenvalue weighted by Crippen LogP contribution is -2.33. The number of aromatic nitrogens is 2. The van der Waals surface area contributed by atoms with Crippen molar-refractivity contribution >= 4 is 11.8 Å². The van der Waals surface area contributed by atoms with Crippen LogP contribution in [0.15, 0.2) is 24.4 Å². The number of aryl methyl sites for hydroxylation is 1. The molecule has 2 rings (SSSR count). The predicted octanol–water partition coefficient (Wildman–Crippen LogP) is 3.50. The summed E-state index contributed by atoms with van der Waals surface area (Å²) in [4.78, 5) is 23.2. The van der Waals surface area contributed by atoms with Crippen LogP contribution in [0.4, 0.5) is 14.9 Å². The van der Waals surface area contributed by atoms with Crippen LogP contribution in [0.5, 0.6) is 0 Å². The first kappa shape index (κ1) is 16.5. The van der Waals surface area contributed by atoms with Crippen LogP contribution in [0.1, 0.15) is 29.1 Å². The van der Waals surface area contributed by atoms with E-state index in [0.29, 0.717) is 0 Å². The van der Waals surface area contributed by atoms with Gasteiger partial charge in [-0.2, -0.15) is 9.49 Å². The average Bonchev–Trinajstić information content (AvgIpc) is 2.94. The molecule has 0 spiro atoms. The largest absolute Gasteiger partial charge is 0.444 e. The minimum atomic E-state index is -2.43. The highest BCUT2D eigenvalue weighted by molar-refractivity contribution is 5.70. The van der Waals surface area contributed by atoms with E-state index in [9.17, 15) is 19.3 Å². The zero-order chi connectivity index (χ0) is 21.4. The molecule has 0 bridgehead atoms. The summed E-state index contributed by atoms with van der Waals surface area (Å²) in [6.07, 6.45) is 0.362. The molecule has 0 unspecified atom stereocenters. The standard InChI is InChI=1S/C17H21FN4O4/c1-17(2,3)26-16(23)20(4)9-11-10-21(5)19-15(11)12-7-6-8-13(14(12)18)22(24)25/h6-8,10H,9H2,1-5H3/i9D2. The predicted molar refractivity (Wildman–Crippen MR) is 93.0 cm³/mol. The lowest BCUT2D eigenvalue weighted by atomic mass is 10.1. The Hall–Kier alpha value is -2.97. The topological polar surface area (TPSA) is 90.5 Å². The molecule has 0 radical (unpaired) electrons. The highest BCUT2D eigenvalue weighted by atomic mass is 19.1. The van der Waals surface area contributed by atoms with Gasteiger partial charge in [-0.25, -0.2) is 4.79 Å². The van der Waals surface area contributed by atoms with Crippen LogP contribution in [-0.4, -0.2) is 38.3 Å². The van der Waals surface area contributed by atoms with E-state index in [1.54, 1.807) is 20.8 Å². The molecule has 9 heteroatoms. The van der Waals surface area contributed by atoms with Crippen LogP contribution in [-0.2, 0) is 18.3 Å². The number of nitro benzene ring substituents is 1. The molecule has 0 N–H and O–H groups in total. The molecule has 0 aliphatic rings. The van der Waals surface area contributed by atoms with Crippen molar-refractivity contribution in [2.24, 2.45) is 7.05 Å². The van der Waals surface area contributed by atoms with Crippen molar-refractivity contribution in [2.75, 3.05) is 7.05 Å². The third-order valence-corrected chi connectivity index (χ3v) is 3.21. The maximum Gasteiger partial charge on any atom is 0.410 e. The molecule has 1 amide bonds. The van der Waals surface area contributed by atoms with Gasteiger partial charge in [-0.1, -0.05) is 6.07 Å². The summed E-state index contributed by atoms with van der Waals surface area (Å²) in [5.41, 5.74) is -2.13. The summed E-state index contributed by atoms with van der Waals surface area (Å²) >= 11 is 0. The fraction of sp³-hybridized carbons (Fsp3) is 0.412. The Balaban J connectivity index is 2.56. The van der Waals surface area contributed by atoms with Gasteiger partial charge in [0.1, 0.15) is 11.3 Å². The number of hydrogen-bond donors (Lipinski definition) is 0. The number of carbonyl (C=O) groups is 1. The Labute approximate surface area is 153 Å². The summed E-state index contributed by atoms with van der Waals surface area (Å²) in [5, 5.41) is 15.1. The number of hydrogen-bond acceptors (Lipinski definition) is 5. The zero-order valence-corrected chi connectivity index (χ0v) is 15.1. The fourth-order valence-corrected chi connectivity index (χ4v) is 2.17. The number of rotatable bonds is 4. The normalized spacial score (nSPS) is 13.0. The molecule has 0 atom stereocenters. The van der Waals surface area contributed by atoms with E-state index >= 15 is 0 Å². The molecule has 0 aliphatic carbocycles. The van der Waals surface area contributed by atoms with Crippen LogP contribution in [0, 0.1) is 15.9 Å². The maximum absolute atomic E-state index is 14.6. The maximum atomic E-state index is 14.6. The van der Waals surface area contributed by atoms with Crippen LogP contribution in [0.25, 0.3) is 11.3 Å². The lowest BCUT2D eigenvalue weighted by Gasteiger charge is -2.24. The first-order valence-corrected chi connectivity index (χ1v) is 7.70. The third-order valence-electron chi connectivity index (χ3n) is 3.21. The molecule has 1 aromatic heterocycles. The minimum absolute atomic E-state index is 0.136. The average molecular weight is 366 g/mol. The monoisotopic (exact) mass is 366 g/mol. The SMILES string of the molecule is [2H]C([2H])(c1cn(C)nc1-c1cccc([N+](=O)[O-])c1F)N(C)C(=O)OC(C)(C)C. The molecule has 8 nitrogen and oxygen atoms in total. The van der Waals surface area contributed by atoms with E-state index in [0.717, 1.165) is 11.0 Å². The highest BCUT2D eigenvalue weighted by Crippen LogP contribution is 2.30. The first-order valence-electron chi connectivity index (χ1n) is 8.70. The Morgan fingerprint density at radius 2 is 2.15 bits per heavy atom. The van der Waals surface area contributed by atoms with Gasteiger partial charge in [0.05, 0.1) is 14.2 Å². The smallest absolute Gasteiger partial charge is 0.410 e. The molecule has 0 saturated heterocycles. The van der Waals surface area contributed by atoms with Crippen LogP contribution in [0.2, 0.25) is 0 Å². The summed E-state index contributed by atoms with van der Waals surface area (Å²) in [6.45, 7) is 2.50. The van der Waals surface area contributed by atoms with E-state index in [1.807, 2.05) is 0 Å². The Kier molecular flexibility index (Phi) is 4.51. The number of amides is 1. The van der Waals surface area contributed by atoms with Crippen molar-refractivity contribution in [1.29, 1.82) is 0 Å². The van der Waals surface area contributed by atoms with Gasteiger partial charge in [0.15, 0.2) is 0 Å². The summed E-state index contributed by atoms with van der Waals surface area (Å²) < 4.78 is 37.9. The molecule has 26 heavy (non-hydrogen) atoms. The third kappa shape index (κ3) is 4.35. The van der Waals surface area contributed by atoms with Gasteiger partial charge in [-0.3, -0.25) is 14.8 Å². The van der Waals surface area contributed by atoms with Crippen molar-refractivity contribution in [2.45, 2.75) is 32.9 Å². The molecule has 0 fully saturated rings. The van der Waals surface area contributed by atoms with Gasteiger partial charge in [0, 0.05) is 37.5 Å². The Morgan fingerprint density at radius 1 is 1.50 bits per heavy atom. The van der Waals surface area contributed by atoms with Gasteiger partial charge < -0.3 is 9.64 Å². The number of nitrogens with zero attached hydrogens (tertiary/aromatic N) is 4. The number of ether oxygens (including phenoxy) is 1. The van der Waals surface area contributed by atoms with Crippen LogP contribution >= 0.6 is 0 Å². The van der Waals surface area contributed by atoms with Crippen molar-refractivity contribution in [1.82, 2.24) is 14.7 Å². The molecular formula is C17H21FN4O4. The molecule has 0 aliphatic heterocycles. The number of carbonyl (C=O) groups excluding carboxylic acids is 1. The summed E-state index contributed by atoms with van der Waals surface area (Å²) in [6, 6.07) is 3.54. The molecule has 2 aromatic rings. The number of halogens is 1. The quantitative estimate of drug-likeness (QED) is 0.610. The van der Waals surface area contributed by atoms with Crippen molar-refractivity contribution in [3.8, 4) is 11.3 Å². The lowest BCUT2D eigenvalue weighted by molar-refractivity contribution is -0.387. The van der Waals surface area contributed by atoms with E-state index in [1.165, 1.54) is 37.1 Å². The van der Waals surface area contributed by atoms with Gasteiger partial charge in [-0.05, 0) is 26.8 Å². The first-order chi connectivity index (χ1) is 12.8. The molecular weight excluding hydrogens is 343 g/mol. The second-order valence-corrected chi connectivity index (χ2v) is 6.61. The fourth-order valence-electron chi connectivity index (χ4n) is 2.17. The van der Waals surface area contributed by atoms with Gasteiger partial charge >= 0.3 is 11.8 Å². The zero-order valence-electron chi connectivity index (χ0n) is 17.1. The molecule has 0 saturated carbocycles. The summed E-state index contributed by atoms with van der Waals surface area (Å²) in [5.74, 6) is -1.14. The number of benzene rings is 1.